The van der Waals surface area contributed by atoms with Gasteiger partial charge < -0.3 is 20.3 Å². The maximum Gasteiger partial charge on any atom is 0.118 e. The molecule has 1 aliphatic carbocycles. The molecule has 110 valence electrons. The highest BCUT2D eigenvalue weighted by Crippen LogP contribution is 2.36. The number of likely N-dealkylation sites (N-methyl/N-ethyl adjacent to an activating group) is 1. The molecule has 0 aromatic heterocycles. The first-order valence-corrected chi connectivity index (χ1v) is 6.97. The van der Waals surface area contributed by atoms with Gasteiger partial charge in [0.05, 0.1) is 18.8 Å². The second-order valence-corrected chi connectivity index (χ2v) is 5.34. The summed E-state index contributed by atoms with van der Waals surface area (Å²) in [6.07, 6.45) is 4.14. The minimum Gasteiger partial charge on any atom is -0.497 e. The number of hydrogen-bond donors (Lipinski definition) is 3. The van der Waals surface area contributed by atoms with Gasteiger partial charge in [-0.25, -0.2) is 0 Å². The predicted molar refractivity (Wildman–Crippen MR) is 79.0 cm³/mol. The van der Waals surface area contributed by atoms with Crippen LogP contribution in [0.1, 0.15) is 24.3 Å². The summed E-state index contributed by atoms with van der Waals surface area (Å²) in [4.78, 5) is 0. The maximum atomic E-state index is 10.9. The van der Waals surface area contributed by atoms with Crippen molar-refractivity contribution in [1.29, 1.82) is 0 Å². The van der Waals surface area contributed by atoms with Crippen LogP contribution in [0.15, 0.2) is 36.4 Å². The topological polar surface area (TPSA) is 61.7 Å². The predicted octanol–water partition coefficient (Wildman–Crippen LogP) is 1.44. The van der Waals surface area contributed by atoms with Crippen LogP contribution < -0.4 is 10.1 Å². The summed E-state index contributed by atoms with van der Waals surface area (Å²) in [5.41, 5.74) is 0.139. The Morgan fingerprint density at radius 1 is 1.40 bits per heavy atom. The first-order valence-electron chi connectivity index (χ1n) is 6.97. The zero-order valence-corrected chi connectivity index (χ0v) is 12.0. The van der Waals surface area contributed by atoms with Gasteiger partial charge >= 0.3 is 0 Å². The van der Waals surface area contributed by atoms with Gasteiger partial charge in [0.2, 0.25) is 0 Å². The highest BCUT2D eigenvalue weighted by Gasteiger charge is 2.37. The zero-order chi connectivity index (χ0) is 14.6. The van der Waals surface area contributed by atoms with E-state index >= 15 is 0 Å². The number of aliphatic hydroxyl groups excluding tert-OH is 1. The van der Waals surface area contributed by atoms with E-state index in [0.29, 0.717) is 19.4 Å². The van der Waals surface area contributed by atoms with E-state index in [1.54, 1.807) is 19.3 Å². The van der Waals surface area contributed by atoms with E-state index in [-0.39, 0.29) is 5.92 Å². The summed E-state index contributed by atoms with van der Waals surface area (Å²) in [6, 6.07) is 7.78. The highest BCUT2D eigenvalue weighted by atomic mass is 16.5. The Kier molecular flexibility index (Phi) is 4.81. The molecule has 0 spiro atoms. The van der Waals surface area contributed by atoms with Crippen LogP contribution in [0.25, 0.3) is 0 Å². The fraction of sp³-hybridized carbons (Fsp3) is 0.500. The first kappa shape index (κ1) is 15.0. The molecular formula is C16H23NO3. The van der Waals surface area contributed by atoms with Crippen LogP contribution in [0.3, 0.4) is 0 Å². The van der Waals surface area contributed by atoms with E-state index in [2.05, 4.69) is 5.32 Å². The van der Waals surface area contributed by atoms with Gasteiger partial charge in [-0.05, 0) is 37.6 Å². The van der Waals surface area contributed by atoms with Crippen molar-refractivity contribution in [2.75, 3.05) is 20.7 Å². The van der Waals surface area contributed by atoms with Gasteiger partial charge in [0.15, 0.2) is 0 Å². The molecule has 20 heavy (non-hydrogen) atoms. The van der Waals surface area contributed by atoms with Crippen molar-refractivity contribution < 1.29 is 14.9 Å². The molecule has 0 amide bonds. The molecule has 0 fully saturated rings. The monoisotopic (exact) mass is 277 g/mol. The summed E-state index contributed by atoms with van der Waals surface area (Å²) < 4.78 is 5.17. The van der Waals surface area contributed by atoms with E-state index < -0.39 is 11.7 Å². The number of ether oxygens (including phenoxy) is 1. The molecule has 0 heterocycles. The molecule has 4 heteroatoms. The van der Waals surface area contributed by atoms with Crippen molar-refractivity contribution >= 4 is 0 Å². The molecule has 3 unspecified atom stereocenters. The lowest BCUT2D eigenvalue weighted by atomic mass is 9.75. The Labute approximate surface area is 120 Å². The maximum absolute atomic E-state index is 10.9. The molecular weight excluding hydrogens is 254 g/mol. The summed E-state index contributed by atoms with van der Waals surface area (Å²) in [5.74, 6) is 0.751. The molecule has 1 aliphatic rings. The molecule has 1 aromatic rings. The van der Waals surface area contributed by atoms with Crippen molar-refractivity contribution in [2.24, 2.45) is 0 Å². The SMILES string of the molecule is CNCC(c1ccc(OC)cc1)C1(O)C=CC(O)CC1. The molecule has 0 radical (unpaired) electrons. The third-order valence-corrected chi connectivity index (χ3v) is 3.98. The molecule has 3 atom stereocenters. The van der Waals surface area contributed by atoms with Gasteiger partial charge in [-0.1, -0.05) is 24.3 Å². The average molecular weight is 277 g/mol. The molecule has 0 saturated carbocycles. The molecule has 2 rings (SSSR count). The van der Waals surface area contributed by atoms with Crippen LogP contribution >= 0.6 is 0 Å². The lowest BCUT2D eigenvalue weighted by molar-refractivity contribution is 0.0287. The molecule has 4 nitrogen and oxygen atoms in total. The molecule has 0 aliphatic heterocycles. The van der Waals surface area contributed by atoms with Crippen LogP contribution in [-0.4, -0.2) is 42.6 Å². The highest BCUT2D eigenvalue weighted by molar-refractivity contribution is 5.33. The van der Waals surface area contributed by atoms with Gasteiger partial charge in [-0.15, -0.1) is 0 Å². The third-order valence-electron chi connectivity index (χ3n) is 3.98. The standard InChI is InChI=1S/C16H23NO3/c1-17-11-15(12-3-5-14(20-2)6-4-12)16(19)9-7-13(18)8-10-16/h3-7,9,13,15,17-19H,8,10-11H2,1-2H3. The van der Waals surface area contributed by atoms with Crippen molar-refractivity contribution in [3.63, 3.8) is 0 Å². The van der Waals surface area contributed by atoms with Crippen LogP contribution in [-0.2, 0) is 0 Å². The van der Waals surface area contributed by atoms with Gasteiger partial charge in [0.1, 0.15) is 5.75 Å². The van der Waals surface area contributed by atoms with E-state index in [1.165, 1.54) is 0 Å². The fourth-order valence-corrected chi connectivity index (χ4v) is 2.75. The van der Waals surface area contributed by atoms with Crippen molar-refractivity contribution in [3.8, 4) is 5.75 Å². The van der Waals surface area contributed by atoms with Gasteiger partial charge in [-0.3, -0.25) is 0 Å². The summed E-state index contributed by atoms with van der Waals surface area (Å²) in [6.45, 7) is 0.670. The number of aliphatic hydroxyl groups is 2. The van der Waals surface area contributed by atoms with Crippen LogP contribution in [0.4, 0.5) is 0 Å². The first-order chi connectivity index (χ1) is 9.59. The van der Waals surface area contributed by atoms with E-state index in [9.17, 15) is 10.2 Å². The largest absolute Gasteiger partial charge is 0.497 e. The number of nitrogens with one attached hydrogen (secondary N) is 1. The average Bonchev–Trinajstić information content (AvgIpc) is 2.48. The summed E-state index contributed by atoms with van der Waals surface area (Å²) >= 11 is 0. The second kappa shape index (κ2) is 6.39. The number of methoxy groups -OCH3 is 1. The Hall–Kier alpha value is -1.36. The minimum absolute atomic E-state index is 0.0536. The smallest absolute Gasteiger partial charge is 0.118 e. The third kappa shape index (κ3) is 3.20. The normalized spacial score (nSPS) is 27.3. The zero-order valence-electron chi connectivity index (χ0n) is 12.0. The Morgan fingerprint density at radius 3 is 2.60 bits per heavy atom. The number of benzene rings is 1. The van der Waals surface area contributed by atoms with E-state index in [1.807, 2.05) is 31.3 Å². The minimum atomic E-state index is -0.920. The molecule has 0 saturated heterocycles. The van der Waals surface area contributed by atoms with Crippen molar-refractivity contribution in [1.82, 2.24) is 5.32 Å². The van der Waals surface area contributed by atoms with Crippen molar-refractivity contribution in [3.05, 3.63) is 42.0 Å². The van der Waals surface area contributed by atoms with E-state index in [0.717, 1.165) is 11.3 Å². The molecule has 1 aromatic carbocycles. The van der Waals surface area contributed by atoms with Crippen molar-refractivity contribution in [2.45, 2.75) is 30.5 Å². The van der Waals surface area contributed by atoms with Crippen LogP contribution in [0.2, 0.25) is 0 Å². The van der Waals surface area contributed by atoms with Gasteiger partial charge in [0.25, 0.3) is 0 Å². The fourth-order valence-electron chi connectivity index (χ4n) is 2.75. The lowest BCUT2D eigenvalue weighted by Gasteiger charge is -2.37. The quantitative estimate of drug-likeness (QED) is 0.713. The lowest BCUT2D eigenvalue weighted by Crippen LogP contribution is -2.42. The van der Waals surface area contributed by atoms with E-state index in [4.69, 9.17) is 4.74 Å². The van der Waals surface area contributed by atoms with Crippen LogP contribution in [0.5, 0.6) is 5.75 Å². The Bertz CT molecular complexity index is 457. The van der Waals surface area contributed by atoms with Crippen LogP contribution in [0, 0.1) is 0 Å². The number of rotatable bonds is 5. The summed E-state index contributed by atoms with van der Waals surface area (Å²) in [7, 11) is 3.51. The van der Waals surface area contributed by atoms with Gasteiger partial charge in [0, 0.05) is 12.5 Å². The second-order valence-electron chi connectivity index (χ2n) is 5.34. The summed E-state index contributed by atoms with van der Waals surface area (Å²) in [5, 5.41) is 23.6. The van der Waals surface area contributed by atoms with Gasteiger partial charge in [-0.2, -0.15) is 0 Å². The Morgan fingerprint density at radius 2 is 2.10 bits per heavy atom. The number of hydrogen-bond acceptors (Lipinski definition) is 4. The Balaban J connectivity index is 2.27. The molecule has 0 bridgehead atoms. The molecule has 3 N–H and O–H groups in total.